The highest BCUT2D eigenvalue weighted by Gasteiger charge is 2.31. The van der Waals surface area contributed by atoms with Gasteiger partial charge in [-0.05, 0) is 36.8 Å². The first-order valence-corrected chi connectivity index (χ1v) is 9.59. The Balaban J connectivity index is 1.41. The molecule has 31 heavy (non-hydrogen) atoms. The van der Waals surface area contributed by atoms with Crippen molar-refractivity contribution in [3.63, 3.8) is 0 Å². The third-order valence-electron chi connectivity index (χ3n) is 4.79. The minimum atomic E-state index is -0.996. The van der Waals surface area contributed by atoms with Crippen molar-refractivity contribution in [2.24, 2.45) is 0 Å². The number of aromatic nitrogens is 3. The lowest BCUT2D eigenvalue weighted by atomic mass is 10.1. The molecule has 0 radical (unpaired) electrons. The predicted molar refractivity (Wildman–Crippen MR) is 112 cm³/mol. The summed E-state index contributed by atoms with van der Waals surface area (Å²) < 4.78 is 32.6. The van der Waals surface area contributed by atoms with Crippen LogP contribution in [0.5, 0.6) is 5.75 Å². The van der Waals surface area contributed by atoms with E-state index in [9.17, 15) is 13.6 Å². The first kappa shape index (κ1) is 20.5. The van der Waals surface area contributed by atoms with Gasteiger partial charge in [-0.25, -0.2) is 14.4 Å². The van der Waals surface area contributed by atoms with Crippen LogP contribution >= 0.6 is 0 Å². The number of nitrogens with one attached hydrogen (secondary N) is 2. The number of halogens is 2. The fourth-order valence-corrected chi connectivity index (χ4v) is 3.15. The number of ether oxygens (including phenoxy) is 1. The SMILES string of the molecule is CC(=O)Nc1cccc(Nc2ncnc(N3CC(Oc4cccc(F)c4F)C3)n2)c1C. The Morgan fingerprint density at radius 2 is 1.87 bits per heavy atom. The molecule has 160 valence electrons. The second kappa shape index (κ2) is 8.50. The number of carbonyl (C=O) groups is 1. The Morgan fingerprint density at radius 1 is 1.13 bits per heavy atom. The van der Waals surface area contributed by atoms with Gasteiger partial charge in [0.25, 0.3) is 0 Å². The normalized spacial score (nSPS) is 13.5. The minimum Gasteiger partial charge on any atom is -0.484 e. The average molecular weight is 426 g/mol. The van der Waals surface area contributed by atoms with Crippen LogP contribution in [0.25, 0.3) is 0 Å². The molecule has 1 fully saturated rings. The lowest BCUT2D eigenvalue weighted by Gasteiger charge is -2.38. The summed E-state index contributed by atoms with van der Waals surface area (Å²) in [6.07, 6.45) is 1.08. The van der Waals surface area contributed by atoms with E-state index in [1.165, 1.54) is 25.4 Å². The van der Waals surface area contributed by atoms with Crippen LogP contribution in [-0.4, -0.2) is 40.1 Å². The molecule has 4 rings (SSSR count). The van der Waals surface area contributed by atoms with E-state index in [0.29, 0.717) is 30.7 Å². The van der Waals surface area contributed by atoms with Crippen LogP contribution in [-0.2, 0) is 4.79 Å². The van der Waals surface area contributed by atoms with Crippen molar-refractivity contribution in [3.05, 3.63) is 59.9 Å². The van der Waals surface area contributed by atoms with Gasteiger partial charge in [0.15, 0.2) is 11.6 Å². The van der Waals surface area contributed by atoms with Crippen molar-refractivity contribution in [2.75, 3.05) is 28.6 Å². The molecule has 1 amide bonds. The molecule has 0 aliphatic carbocycles. The predicted octanol–water partition coefficient (Wildman–Crippen LogP) is 3.43. The molecule has 1 saturated heterocycles. The molecule has 0 unspecified atom stereocenters. The molecule has 3 aromatic rings. The first-order valence-electron chi connectivity index (χ1n) is 9.59. The van der Waals surface area contributed by atoms with Crippen molar-refractivity contribution in [3.8, 4) is 5.75 Å². The fraction of sp³-hybridized carbons (Fsp3) is 0.238. The highest BCUT2D eigenvalue weighted by atomic mass is 19.2. The number of rotatable bonds is 6. The Morgan fingerprint density at radius 3 is 2.65 bits per heavy atom. The van der Waals surface area contributed by atoms with Gasteiger partial charge in [0.05, 0.1) is 13.1 Å². The Hall–Kier alpha value is -3.82. The maximum absolute atomic E-state index is 13.8. The number of carbonyl (C=O) groups excluding carboxylic acids is 1. The maximum atomic E-state index is 13.8. The highest BCUT2D eigenvalue weighted by molar-refractivity contribution is 5.90. The molecule has 1 aliphatic heterocycles. The zero-order valence-electron chi connectivity index (χ0n) is 16.9. The maximum Gasteiger partial charge on any atom is 0.232 e. The average Bonchev–Trinajstić information content (AvgIpc) is 2.70. The largest absolute Gasteiger partial charge is 0.484 e. The van der Waals surface area contributed by atoms with Crippen LogP contribution in [0.15, 0.2) is 42.7 Å². The molecule has 0 bridgehead atoms. The molecule has 2 heterocycles. The summed E-state index contributed by atoms with van der Waals surface area (Å²) >= 11 is 0. The summed E-state index contributed by atoms with van der Waals surface area (Å²) in [5.74, 6) is -1.43. The Kier molecular flexibility index (Phi) is 5.61. The van der Waals surface area contributed by atoms with Gasteiger partial charge in [0.1, 0.15) is 12.4 Å². The van der Waals surface area contributed by atoms with Crippen molar-refractivity contribution >= 4 is 29.2 Å². The quantitative estimate of drug-likeness (QED) is 0.624. The number of benzene rings is 2. The van der Waals surface area contributed by atoms with Gasteiger partial charge in [-0.2, -0.15) is 9.37 Å². The van der Waals surface area contributed by atoms with Crippen LogP contribution in [0, 0.1) is 18.6 Å². The lowest BCUT2D eigenvalue weighted by molar-refractivity contribution is -0.114. The number of nitrogens with zero attached hydrogens (tertiary/aromatic N) is 4. The van der Waals surface area contributed by atoms with Gasteiger partial charge in [-0.3, -0.25) is 4.79 Å². The molecule has 8 nitrogen and oxygen atoms in total. The van der Waals surface area contributed by atoms with E-state index < -0.39 is 11.6 Å². The summed E-state index contributed by atoms with van der Waals surface area (Å²) in [5.41, 5.74) is 2.28. The Bertz CT molecular complexity index is 1120. The summed E-state index contributed by atoms with van der Waals surface area (Å²) in [5, 5.41) is 5.91. The molecule has 10 heteroatoms. The fourth-order valence-electron chi connectivity index (χ4n) is 3.15. The van der Waals surface area contributed by atoms with Gasteiger partial charge < -0.3 is 20.3 Å². The van der Waals surface area contributed by atoms with E-state index in [0.717, 1.165) is 17.3 Å². The molecule has 2 aromatic carbocycles. The zero-order valence-corrected chi connectivity index (χ0v) is 16.9. The van der Waals surface area contributed by atoms with Gasteiger partial charge in [0, 0.05) is 18.3 Å². The van der Waals surface area contributed by atoms with E-state index in [1.54, 1.807) is 0 Å². The topological polar surface area (TPSA) is 92.3 Å². The number of hydrogen-bond acceptors (Lipinski definition) is 7. The zero-order chi connectivity index (χ0) is 22.0. The van der Waals surface area contributed by atoms with E-state index in [2.05, 4.69) is 25.6 Å². The molecule has 0 atom stereocenters. The van der Waals surface area contributed by atoms with Crippen LogP contribution < -0.4 is 20.3 Å². The minimum absolute atomic E-state index is 0.114. The van der Waals surface area contributed by atoms with Crippen LogP contribution in [0.3, 0.4) is 0 Å². The molecule has 2 N–H and O–H groups in total. The molecular weight excluding hydrogens is 406 g/mol. The van der Waals surface area contributed by atoms with E-state index in [-0.39, 0.29) is 17.8 Å². The molecule has 1 aliphatic rings. The summed E-state index contributed by atoms with van der Waals surface area (Å²) in [6.45, 7) is 4.18. The number of amides is 1. The van der Waals surface area contributed by atoms with E-state index >= 15 is 0 Å². The smallest absolute Gasteiger partial charge is 0.232 e. The molecular formula is C21H20F2N6O2. The lowest BCUT2D eigenvalue weighted by Crippen LogP contribution is -2.54. The third kappa shape index (κ3) is 4.52. The Labute approximate surface area is 177 Å². The van der Waals surface area contributed by atoms with E-state index in [1.807, 2.05) is 30.0 Å². The second-order valence-corrected chi connectivity index (χ2v) is 7.09. The highest BCUT2D eigenvalue weighted by Crippen LogP contribution is 2.27. The van der Waals surface area contributed by atoms with Gasteiger partial charge in [0.2, 0.25) is 23.6 Å². The monoisotopic (exact) mass is 426 g/mol. The summed E-state index contributed by atoms with van der Waals surface area (Å²) in [4.78, 5) is 25.9. The van der Waals surface area contributed by atoms with E-state index in [4.69, 9.17) is 4.74 Å². The summed E-state index contributed by atoms with van der Waals surface area (Å²) in [6, 6.07) is 9.31. The molecule has 0 saturated carbocycles. The van der Waals surface area contributed by atoms with Crippen molar-refractivity contribution in [1.29, 1.82) is 0 Å². The molecule has 0 spiro atoms. The number of anilines is 4. The van der Waals surface area contributed by atoms with Gasteiger partial charge in [-0.1, -0.05) is 12.1 Å². The van der Waals surface area contributed by atoms with Crippen molar-refractivity contribution in [2.45, 2.75) is 20.0 Å². The standard InChI is InChI=1S/C21H20F2N6O2/c1-12-16(26-13(2)30)6-4-7-17(12)27-20-24-11-25-21(28-20)29-9-14(10-29)31-18-8-3-5-15(22)19(18)23/h3-8,11,14H,9-10H2,1-2H3,(H,26,30)(H,24,25,27,28). The second-order valence-electron chi connectivity index (χ2n) is 7.09. The third-order valence-corrected chi connectivity index (χ3v) is 4.79. The van der Waals surface area contributed by atoms with Crippen molar-refractivity contribution in [1.82, 2.24) is 15.0 Å². The van der Waals surface area contributed by atoms with Crippen LogP contribution in [0.2, 0.25) is 0 Å². The first-order chi connectivity index (χ1) is 14.9. The van der Waals surface area contributed by atoms with Crippen LogP contribution in [0.1, 0.15) is 12.5 Å². The summed E-state index contributed by atoms with van der Waals surface area (Å²) in [7, 11) is 0. The molecule has 1 aromatic heterocycles. The van der Waals surface area contributed by atoms with Gasteiger partial charge >= 0.3 is 0 Å². The van der Waals surface area contributed by atoms with Crippen LogP contribution in [0.4, 0.5) is 32.1 Å². The van der Waals surface area contributed by atoms with Crippen molar-refractivity contribution < 1.29 is 18.3 Å². The number of hydrogen-bond donors (Lipinski definition) is 2. The van der Waals surface area contributed by atoms with Gasteiger partial charge in [-0.15, -0.1) is 0 Å².